The average Bonchev–Trinajstić information content (AvgIpc) is 2.69. The third-order valence-electron chi connectivity index (χ3n) is 2.33. The number of fused-ring (bicyclic) bond motifs is 1. The molecule has 0 aliphatic heterocycles. The van der Waals surface area contributed by atoms with Crippen molar-refractivity contribution in [1.29, 1.82) is 5.41 Å². The third-order valence-corrected chi connectivity index (χ3v) is 3.46. The minimum atomic E-state index is -1.01. The van der Waals surface area contributed by atoms with Gasteiger partial charge < -0.3 is 21.8 Å². The molecule has 0 aliphatic carbocycles. The Hall–Kier alpha value is -1.62. The van der Waals surface area contributed by atoms with E-state index in [4.69, 9.17) is 11.1 Å². The van der Waals surface area contributed by atoms with Crippen LogP contribution in [-0.4, -0.2) is 27.5 Å². The van der Waals surface area contributed by atoms with E-state index in [1.807, 2.05) is 24.3 Å². The molecule has 1 aromatic heterocycles. The number of rotatable bonds is 1. The van der Waals surface area contributed by atoms with Gasteiger partial charge in [0.05, 0.1) is 4.88 Å². The summed E-state index contributed by atoms with van der Waals surface area (Å²) in [5.41, 5.74) is 5.32. The summed E-state index contributed by atoms with van der Waals surface area (Å²) >= 11 is 1.47. The van der Waals surface area contributed by atoms with E-state index in [0.29, 0.717) is 0 Å². The van der Waals surface area contributed by atoms with E-state index in [1.165, 1.54) is 11.3 Å². The fourth-order valence-corrected chi connectivity index (χ4v) is 2.47. The molecule has 5 nitrogen and oxygen atoms in total. The Balaban J connectivity index is 0. The van der Waals surface area contributed by atoms with E-state index >= 15 is 0 Å². The summed E-state index contributed by atoms with van der Waals surface area (Å²) in [5, 5.41) is 18.0. The predicted molar refractivity (Wildman–Crippen MR) is 90.5 cm³/mol. The number of nitrogens with two attached hydrogens (primary N) is 1. The van der Waals surface area contributed by atoms with Gasteiger partial charge in [0.2, 0.25) is 0 Å². The number of benzene rings is 1. The molecule has 0 saturated carbocycles. The largest absolute Gasteiger partial charge is 0.412 e. The van der Waals surface area contributed by atoms with Gasteiger partial charge in [-0.3, -0.25) is 5.41 Å². The molecular formula is C14H19ClN2O3S. The van der Waals surface area contributed by atoms with Gasteiger partial charge in [0.1, 0.15) is 11.4 Å². The third kappa shape index (κ3) is 5.34. The van der Waals surface area contributed by atoms with E-state index in [0.717, 1.165) is 20.5 Å². The Morgan fingerprint density at radius 2 is 1.95 bits per heavy atom. The smallest absolute Gasteiger partial charge is 0.133 e. The van der Waals surface area contributed by atoms with Crippen LogP contribution in [0, 0.1) is 17.3 Å². The molecule has 8 N–H and O–H groups in total. The Labute approximate surface area is 133 Å². The standard InChI is InChI=1S/C14H14N2OS.ClH.2H2O/c1-14(2,17)7-6-9-4-3-5-11-10(9)8-12(18-11)13(15)16;;;/h3-5,8,17H,1-2H3,(H3,15,16);1H;2*1H2. The molecule has 116 valence electrons. The molecule has 0 unspecified atom stereocenters. The Morgan fingerprint density at radius 1 is 1.33 bits per heavy atom. The first kappa shape index (κ1) is 21.7. The van der Waals surface area contributed by atoms with Gasteiger partial charge in [0.25, 0.3) is 0 Å². The van der Waals surface area contributed by atoms with Crippen LogP contribution in [0.25, 0.3) is 10.1 Å². The molecule has 1 heterocycles. The van der Waals surface area contributed by atoms with Crippen molar-refractivity contribution in [2.75, 3.05) is 0 Å². The van der Waals surface area contributed by atoms with Crippen molar-refractivity contribution in [1.82, 2.24) is 0 Å². The molecule has 21 heavy (non-hydrogen) atoms. The molecule has 0 aliphatic rings. The van der Waals surface area contributed by atoms with Crippen LogP contribution < -0.4 is 5.73 Å². The number of aliphatic hydroxyl groups is 1. The van der Waals surface area contributed by atoms with Crippen molar-refractivity contribution in [2.45, 2.75) is 19.4 Å². The number of nitrogens with one attached hydrogen (secondary N) is 1. The van der Waals surface area contributed by atoms with Crippen LogP contribution in [0.3, 0.4) is 0 Å². The van der Waals surface area contributed by atoms with Crippen molar-refractivity contribution in [3.8, 4) is 11.8 Å². The van der Waals surface area contributed by atoms with Crippen LogP contribution in [-0.2, 0) is 0 Å². The quantitative estimate of drug-likeness (QED) is 0.410. The Bertz CT molecular complexity index is 681. The first-order valence-corrected chi connectivity index (χ1v) is 6.31. The van der Waals surface area contributed by atoms with Crippen LogP contribution >= 0.6 is 23.7 Å². The summed E-state index contributed by atoms with van der Waals surface area (Å²) in [6, 6.07) is 7.66. The monoisotopic (exact) mass is 330 g/mol. The number of hydrogen-bond acceptors (Lipinski definition) is 3. The molecule has 2 rings (SSSR count). The Kier molecular flexibility index (Phi) is 8.23. The lowest BCUT2D eigenvalue weighted by molar-refractivity contribution is 0.143. The molecule has 2 aromatic rings. The van der Waals surface area contributed by atoms with E-state index in [-0.39, 0.29) is 29.2 Å². The van der Waals surface area contributed by atoms with Gasteiger partial charge in [-0.15, -0.1) is 23.7 Å². The molecule has 0 amide bonds. The van der Waals surface area contributed by atoms with E-state index < -0.39 is 5.60 Å². The van der Waals surface area contributed by atoms with Crippen molar-refractivity contribution in [3.05, 3.63) is 34.7 Å². The van der Waals surface area contributed by atoms with Crippen molar-refractivity contribution in [3.63, 3.8) is 0 Å². The molecule has 0 atom stereocenters. The highest BCUT2D eigenvalue weighted by molar-refractivity contribution is 7.20. The summed E-state index contributed by atoms with van der Waals surface area (Å²) < 4.78 is 1.04. The molecule has 7 heteroatoms. The maximum absolute atomic E-state index is 9.62. The highest BCUT2D eigenvalue weighted by atomic mass is 35.5. The van der Waals surface area contributed by atoms with Gasteiger partial charge >= 0.3 is 0 Å². The lowest BCUT2D eigenvalue weighted by Crippen LogP contribution is -2.14. The molecule has 0 saturated heterocycles. The van der Waals surface area contributed by atoms with E-state index in [9.17, 15) is 5.11 Å². The molecular weight excluding hydrogens is 312 g/mol. The van der Waals surface area contributed by atoms with Crippen molar-refractivity contribution in [2.24, 2.45) is 5.73 Å². The zero-order valence-corrected chi connectivity index (χ0v) is 13.3. The van der Waals surface area contributed by atoms with Gasteiger partial charge in [-0.25, -0.2) is 0 Å². The van der Waals surface area contributed by atoms with Crippen LogP contribution in [0.15, 0.2) is 24.3 Å². The lowest BCUT2D eigenvalue weighted by atomic mass is 10.1. The predicted octanol–water partition coefficient (Wildman–Crippen LogP) is 1.08. The summed E-state index contributed by atoms with van der Waals surface area (Å²) in [6.07, 6.45) is 0. The molecule has 0 radical (unpaired) electrons. The van der Waals surface area contributed by atoms with Gasteiger partial charge in [0.15, 0.2) is 0 Å². The minimum Gasteiger partial charge on any atom is -0.412 e. The second-order valence-corrected chi connectivity index (χ2v) is 5.63. The molecule has 0 spiro atoms. The number of amidine groups is 1. The SMILES string of the molecule is CC(C)(O)C#Cc1cccc2sc(C(=N)N)cc12.Cl.O.O. The maximum atomic E-state index is 9.62. The van der Waals surface area contributed by atoms with E-state index in [1.54, 1.807) is 13.8 Å². The topological polar surface area (TPSA) is 133 Å². The second-order valence-electron chi connectivity index (χ2n) is 4.55. The first-order chi connectivity index (χ1) is 8.37. The zero-order valence-electron chi connectivity index (χ0n) is 11.7. The van der Waals surface area contributed by atoms with Crippen LogP contribution in [0.4, 0.5) is 0 Å². The number of thiophene rings is 1. The van der Waals surface area contributed by atoms with E-state index in [2.05, 4.69) is 11.8 Å². The maximum Gasteiger partial charge on any atom is 0.133 e. The summed E-state index contributed by atoms with van der Waals surface area (Å²) in [7, 11) is 0. The number of hydrogen-bond donors (Lipinski definition) is 3. The summed E-state index contributed by atoms with van der Waals surface area (Å²) in [5.74, 6) is 5.84. The van der Waals surface area contributed by atoms with Crippen LogP contribution in [0.1, 0.15) is 24.3 Å². The van der Waals surface area contributed by atoms with Gasteiger partial charge in [-0.05, 0) is 32.0 Å². The highest BCUT2D eigenvalue weighted by Crippen LogP contribution is 2.27. The number of halogens is 1. The fraction of sp³-hybridized carbons (Fsp3) is 0.214. The first-order valence-electron chi connectivity index (χ1n) is 5.49. The molecule has 0 bridgehead atoms. The van der Waals surface area contributed by atoms with Crippen molar-refractivity contribution >= 4 is 39.7 Å². The van der Waals surface area contributed by atoms with Gasteiger partial charge in [0, 0.05) is 15.6 Å². The number of nitrogen functional groups attached to an aromatic ring is 1. The normalized spacial score (nSPS) is 9.48. The summed E-state index contributed by atoms with van der Waals surface area (Å²) in [4.78, 5) is 0.738. The average molecular weight is 331 g/mol. The summed E-state index contributed by atoms with van der Waals surface area (Å²) in [6.45, 7) is 3.30. The lowest BCUT2D eigenvalue weighted by Gasteiger charge is -2.06. The van der Waals surface area contributed by atoms with Crippen molar-refractivity contribution < 1.29 is 16.1 Å². The zero-order chi connectivity index (χ0) is 13.3. The van der Waals surface area contributed by atoms with Crippen LogP contribution in [0.5, 0.6) is 0 Å². The van der Waals surface area contributed by atoms with Crippen LogP contribution in [0.2, 0.25) is 0 Å². The van der Waals surface area contributed by atoms with Gasteiger partial charge in [-0.1, -0.05) is 17.9 Å². The highest BCUT2D eigenvalue weighted by Gasteiger charge is 2.09. The fourth-order valence-electron chi connectivity index (χ4n) is 1.52. The molecule has 0 fully saturated rings. The van der Waals surface area contributed by atoms with Gasteiger partial charge in [-0.2, -0.15) is 0 Å². The minimum absolute atomic E-state index is 0. The molecule has 1 aromatic carbocycles. The Morgan fingerprint density at radius 3 is 2.48 bits per heavy atom. The second kappa shape index (κ2) is 7.98.